The molecule has 0 aliphatic rings. The SMILES string of the molecule is CO/N=C(/CC(=O)N=C(N)Cc1cc(Cl)c(N)c(Cl)c1)c1ccc(F)cc1. The Kier molecular flexibility index (Phi) is 7.15. The van der Waals surface area contributed by atoms with E-state index in [4.69, 9.17) is 39.5 Å². The summed E-state index contributed by atoms with van der Waals surface area (Å²) in [5.74, 6) is -0.849. The Labute approximate surface area is 165 Å². The van der Waals surface area contributed by atoms with Crippen LogP contribution in [0.15, 0.2) is 46.5 Å². The first-order valence-corrected chi connectivity index (χ1v) is 8.51. The number of nitrogens with zero attached hydrogens (tertiary/aromatic N) is 2. The number of carbonyl (C=O) groups is 1. The lowest BCUT2D eigenvalue weighted by molar-refractivity contribution is -0.116. The van der Waals surface area contributed by atoms with Gasteiger partial charge in [0.1, 0.15) is 18.8 Å². The first-order valence-electron chi connectivity index (χ1n) is 7.75. The van der Waals surface area contributed by atoms with Crippen LogP contribution >= 0.6 is 23.2 Å². The minimum absolute atomic E-state index is 0.0766. The molecule has 6 nitrogen and oxygen atoms in total. The van der Waals surface area contributed by atoms with Gasteiger partial charge in [0.2, 0.25) is 0 Å². The van der Waals surface area contributed by atoms with E-state index >= 15 is 0 Å². The summed E-state index contributed by atoms with van der Waals surface area (Å²) in [6, 6.07) is 8.71. The molecule has 1 amide bonds. The van der Waals surface area contributed by atoms with Crippen molar-refractivity contribution >= 4 is 46.3 Å². The average Bonchev–Trinajstić information content (AvgIpc) is 2.59. The largest absolute Gasteiger partial charge is 0.399 e. The summed E-state index contributed by atoms with van der Waals surface area (Å²) in [5.41, 5.74) is 13.3. The molecular weight excluding hydrogens is 394 g/mol. The molecule has 0 saturated carbocycles. The van der Waals surface area contributed by atoms with E-state index in [0.29, 0.717) is 26.9 Å². The molecule has 0 bridgehead atoms. The van der Waals surface area contributed by atoms with E-state index in [-0.39, 0.29) is 24.4 Å². The van der Waals surface area contributed by atoms with Crippen LogP contribution in [-0.2, 0) is 16.1 Å². The smallest absolute Gasteiger partial charge is 0.253 e. The van der Waals surface area contributed by atoms with Gasteiger partial charge in [-0.1, -0.05) is 40.5 Å². The second-order valence-electron chi connectivity index (χ2n) is 5.55. The van der Waals surface area contributed by atoms with Gasteiger partial charge in [-0.15, -0.1) is 0 Å². The minimum atomic E-state index is -0.528. The topological polar surface area (TPSA) is 103 Å². The van der Waals surface area contributed by atoms with Gasteiger partial charge in [-0.2, -0.15) is 0 Å². The van der Waals surface area contributed by atoms with Crippen LogP contribution in [0.4, 0.5) is 10.1 Å². The van der Waals surface area contributed by atoms with E-state index in [2.05, 4.69) is 10.1 Å². The van der Waals surface area contributed by atoms with Crippen LogP contribution in [0.5, 0.6) is 0 Å². The van der Waals surface area contributed by atoms with Gasteiger partial charge in [0.05, 0.1) is 27.9 Å². The van der Waals surface area contributed by atoms with Crippen LogP contribution in [0.1, 0.15) is 17.5 Å². The molecule has 0 fully saturated rings. The Morgan fingerprint density at radius 2 is 1.78 bits per heavy atom. The van der Waals surface area contributed by atoms with Crippen molar-refractivity contribution in [3.05, 3.63) is 63.4 Å². The summed E-state index contributed by atoms with van der Waals surface area (Å²) in [7, 11) is 1.35. The zero-order valence-electron chi connectivity index (χ0n) is 14.4. The quantitative estimate of drug-likeness (QED) is 0.328. The number of halogens is 3. The summed E-state index contributed by atoms with van der Waals surface area (Å²) in [5, 5.41) is 4.39. The molecule has 2 aromatic rings. The Hall–Kier alpha value is -2.64. The van der Waals surface area contributed by atoms with Crippen molar-refractivity contribution in [2.45, 2.75) is 12.8 Å². The number of oxime groups is 1. The maximum atomic E-state index is 13.1. The second-order valence-corrected chi connectivity index (χ2v) is 6.37. The number of anilines is 1. The molecule has 2 aromatic carbocycles. The van der Waals surface area contributed by atoms with Crippen molar-refractivity contribution in [2.24, 2.45) is 15.9 Å². The van der Waals surface area contributed by atoms with E-state index in [9.17, 15) is 9.18 Å². The molecule has 0 radical (unpaired) electrons. The maximum Gasteiger partial charge on any atom is 0.253 e. The third kappa shape index (κ3) is 5.94. The molecule has 27 heavy (non-hydrogen) atoms. The van der Waals surface area contributed by atoms with Crippen molar-refractivity contribution in [3.63, 3.8) is 0 Å². The number of rotatable bonds is 6. The zero-order valence-corrected chi connectivity index (χ0v) is 15.9. The molecule has 0 atom stereocenters. The lowest BCUT2D eigenvalue weighted by Gasteiger charge is -2.07. The molecule has 4 N–H and O–H groups in total. The Bertz CT molecular complexity index is 876. The number of hydrogen-bond donors (Lipinski definition) is 2. The second kappa shape index (κ2) is 9.34. The number of amides is 1. The summed E-state index contributed by atoms with van der Waals surface area (Å²) in [4.78, 5) is 20.8. The molecule has 9 heteroatoms. The van der Waals surface area contributed by atoms with E-state index in [1.807, 2.05) is 0 Å². The van der Waals surface area contributed by atoms with Crippen LogP contribution < -0.4 is 11.5 Å². The molecule has 0 aliphatic heterocycles. The number of nitrogens with two attached hydrogens (primary N) is 2. The van der Waals surface area contributed by atoms with Gasteiger partial charge < -0.3 is 16.3 Å². The van der Waals surface area contributed by atoms with Crippen molar-refractivity contribution in [2.75, 3.05) is 12.8 Å². The number of benzene rings is 2. The van der Waals surface area contributed by atoms with Gasteiger partial charge >= 0.3 is 0 Å². The number of carbonyl (C=O) groups excluding carboxylic acids is 1. The fraction of sp³-hybridized carbons (Fsp3) is 0.167. The summed E-state index contributed by atoms with van der Waals surface area (Å²) in [6.45, 7) is 0. The van der Waals surface area contributed by atoms with Crippen molar-refractivity contribution < 1.29 is 14.0 Å². The predicted molar refractivity (Wildman–Crippen MR) is 106 cm³/mol. The predicted octanol–water partition coefficient (Wildman–Crippen LogP) is 3.58. The first-order chi connectivity index (χ1) is 12.8. The fourth-order valence-electron chi connectivity index (χ4n) is 2.27. The van der Waals surface area contributed by atoms with Crippen LogP contribution in [0, 0.1) is 5.82 Å². The maximum absolute atomic E-state index is 13.1. The van der Waals surface area contributed by atoms with Gasteiger partial charge in [-0.05, 0) is 29.8 Å². The Morgan fingerprint density at radius 3 is 2.33 bits per heavy atom. The highest BCUT2D eigenvalue weighted by molar-refractivity contribution is 6.39. The third-order valence-electron chi connectivity index (χ3n) is 3.49. The number of amidine groups is 1. The highest BCUT2D eigenvalue weighted by atomic mass is 35.5. The molecule has 0 aromatic heterocycles. The van der Waals surface area contributed by atoms with E-state index in [0.717, 1.165) is 0 Å². The molecule has 2 rings (SSSR count). The molecule has 0 spiro atoms. The van der Waals surface area contributed by atoms with Crippen molar-refractivity contribution in [1.29, 1.82) is 0 Å². The van der Waals surface area contributed by atoms with Gasteiger partial charge in [0.25, 0.3) is 5.91 Å². The Morgan fingerprint density at radius 1 is 1.19 bits per heavy atom. The van der Waals surface area contributed by atoms with E-state index in [1.54, 1.807) is 12.1 Å². The molecule has 0 aliphatic carbocycles. The normalized spacial score (nSPS) is 12.1. The van der Waals surface area contributed by atoms with Gasteiger partial charge in [-0.25, -0.2) is 9.38 Å². The van der Waals surface area contributed by atoms with Crippen LogP contribution in [0.2, 0.25) is 10.0 Å². The highest BCUT2D eigenvalue weighted by Crippen LogP contribution is 2.28. The summed E-state index contributed by atoms with van der Waals surface area (Å²) >= 11 is 12.0. The monoisotopic (exact) mass is 410 g/mol. The number of aliphatic imine (C=N–C) groups is 1. The number of hydrogen-bond acceptors (Lipinski definition) is 4. The molecule has 142 valence electrons. The first kappa shape index (κ1) is 20.7. The van der Waals surface area contributed by atoms with Crippen molar-refractivity contribution in [3.8, 4) is 0 Å². The minimum Gasteiger partial charge on any atom is -0.399 e. The molecular formula is C18H17Cl2FN4O2. The van der Waals surface area contributed by atoms with E-state index in [1.165, 1.54) is 31.4 Å². The summed E-state index contributed by atoms with van der Waals surface area (Å²) in [6.07, 6.45) is 0.00217. The molecule has 0 saturated heterocycles. The van der Waals surface area contributed by atoms with Gasteiger partial charge in [0, 0.05) is 12.0 Å². The van der Waals surface area contributed by atoms with Crippen LogP contribution in [0.3, 0.4) is 0 Å². The standard InChI is InChI=1S/C18H17Cl2FN4O2/c1-27-25-15(11-2-4-12(21)5-3-11)9-17(26)24-16(22)8-10-6-13(19)18(23)14(20)7-10/h2-7H,8-9,23H2,1H3,(H2,22,24,26)/b25-15-. The summed E-state index contributed by atoms with van der Waals surface area (Å²) < 4.78 is 13.1. The lowest BCUT2D eigenvalue weighted by Crippen LogP contribution is -2.19. The number of nitrogen functional groups attached to an aromatic ring is 1. The van der Waals surface area contributed by atoms with Gasteiger partial charge in [-0.3, -0.25) is 4.79 Å². The zero-order chi connectivity index (χ0) is 20.0. The lowest BCUT2D eigenvalue weighted by atomic mass is 10.1. The van der Waals surface area contributed by atoms with Gasteiger partial charge in [0.15, 0.2) is 0 Å². The van der Waals surface area contributed by atoms with Crippen molar-refractivity contribution in [1.82, 2.24) is 0 Å². The van der Waals surface area contributed by atoms with E-state index < -0.39 is 11.7 Å². The highest BCUT2D eigenvalue weighted by Gasteiger charge is 2.12. The molecule has 0 heterocycles. The fourth-order valence-corrected chi connectivity index (χ4v) is 2.80. The third-order valence-corrected chi connectivity index (χ3v) is 4.12. The van der Waals surface area contributed by atoms with Crippen LogP contribution in [0.25, 0.3) is 0 Å². The Balaban J connectivity index is 2.11. The van der Waals surface area contributed by atoms with Crippen LogP contribution in [-0.4, -0.2) is 24.6 Å². The average molecular weight is 411 g/mol. The molecule has 0 unspecified atom stereocenters.